The Morgan fingerprint density at radius 2 is 2.06 bits per heavy atom. The Bertz CT molecular complexity index is 313. The summed E-state index contributed by atoms with van der Waals surface area (Å²) < 4.78 is 5.35. The second kappa shape index (κ2) is 7.36. The first-order chi connectivity index (χ1) is 7.77. The van der Waals surface area contributed by atoms with Crippen molar-refractivity contribution < 1.29 is 4.74 Å². The Kier molecular flexibility index (Phi) is 6.04. The van der Waals surface area contributed by atoms with Crippen LogP contribution in [-0.2, 0) is 4.74 Å². The van der Waals surface area contributed by atoms with E-state index in [0.717, 1.165) is 23.4 Å². The molecule has 0 saturated carbocycles. The summed E-state index contributed by atoms with van der Waals surface area (Å²) in [5.74, 6) is 0. The van der Waals surface area contributed by atoms with E-state index in [2.05, 4.69) is 12.2 Å². The van der Waals surface area contributed by atoms with E-state index in [4.69, 9.17) is 17.0 Å². The summed E-state index contributed by atoms with van der Waals surface area (Å²) in [6, 6.07) is 9.95. The summed E-state index contributed by atoms with van der Waals surface area (Å²) >= 11 is 5.32. The second-order valence-electron chi connectivity index (χ2n) is 3.71. The first kappa shape index (κ1) is 13.1. The third-order valence-corrected chi connectivity index (χ3v) is 2.79. The molecule has 0 radical (unpaired) electrons. The van der Waals surface area contributed by atoms with E-state index < -0.39 is 0 Å². The first-order valence-electron chi connectivity index (χ1n) is 5.66. The highest BCUT2D eigenvalue weighted by Crippen LogP contribution is 2.05. The molecule has 0 aliphatic heterocycles. The van der Waals surface area contributed by atoms with E-state index in [1.807, 2.05) is 30.3 Å². The molecule has 0 aliphatic carbocycles. The molecule has 0 fully saturated rings. The molecule has 16 heavy (non-hydrogen) atoms. The molecule has 1 aromatic carbocycles. The monoisotopic (exact) mass is 237 g/mol. The summed E-state index contributed by atoms with van der Waals surface area (Å²) in [4.78, 5) is 0.753. The van der Waals surface area contributed by atoms with E-state index in [1.165, 1.54) is 6.42 Å². The molecule has 0 aliphatic rings. The number of benzene rings is 1. The number of rotatable bonds is 6. The molecule has 3 heteroatoms. The Morgan fingerprint density at radius 3 is 2.62 bits per heavy atom. The molecule has 1 unspecified atom stereocenters. The number of ether oxygens (including phenoxy) is 1. The average Bonchev–Trinajstić information content (AvgIpc) is 2.35. The van der Waals surface area contributed by atoms with Crippen LogP contribution >= 0.6 is 12.2 Å². The van der Waals surface area contributed by atoms with Gasteiger partial charge in [0.15, 0.2) is 0 Å². The molecule has 88 valence electrons. The molecule has 0 amide bonds. The number of hydrogen-bond donors (Lipinski definition) is 1. The van der Waals surface area contributed by atoms with Gasteiger partial charge in [-0.05, 0) is 12.8 Å². The maximum Gasteiger partial charge on any atom is 0.127 e. The summed E-state index contributed by atoms with van der Waals surface area (Å²) in [6.07, 6.45) is 3.32. The van der Waals surface area contributed by atoms with Crippen molar-refractivity contribution in [3.05, 3.63) is 35.9 Å². The SMILES string of the molecule is CCCCC(NC(=S)c1ccccc1)OC. The molecular weight excluding hydrogens is 218 g/mol. The minimum Gasteiger partial charge on any atom is -0.362 e. The fraction of sp³-hybridized carbons (Fsp3) is 0.462. The van der Waals surface area contributed by atoms with Crippen LogP contribution in [0.4, 0.5) is 0 Å². The van der Waals surface area contributed by atoms with Crippen molar-refractivity contribution in [2.24, 2.45) is 0 Å². The van der Waals surface area contributed by atoms with E-state index in [1.54, 1.807) is 7.11 Å². The lowest BCUT2D eigenvalue weighted by molar-refractivity contribution is 0.0822. The topological polar surface area (TPSA) is 21.3 Å². The average molecular weight is 237 g/mol. The number of thiocarbonyl (C=S) groups is 1. The van der Waals surface area contributed by atoms with Crippen molar-refractivity contribution in [1.29, 1.82) is 0 Å². The molecule has 0 heterocycles. The number of methoxy groups -OCH3 is 1. The Labute approximate surface area is 103 Å². The van der Waals surface area contributed by atoms with Crippen LogP contribution in [0.1, 0.15) is 31.7 Å². The van der Waals surface area contributed by atoms with Gasteiger partial charge in [0.1, 0.15) is 11.2 Å². The minimum atomic E-state index is 0.0210. The van der Waals surface area contributed by atoms with Gasteiger partial charge < -0.3 is 10.1 Å². The normalized spacial score (nSPS) is 12.1. The van der Waals surface area contributed by atoms with Crippen molar-refractivity contribution in [2.45, 2.75) is 32.4 Å². The van der Waals surface area contributed by atoms with Crippen LogP contribution in [0.2, 0.25) is 0 Å². The van der Waals surface area contributed by atoms with Crippen molar-refractivity contribution in [2.75, 3.05) is 7.11 Å². The van der Waals surface area contributed by atoms with Crippen molar-refractivity contribution in [3.63, 3.8) is 0 Å². The third kappa shape index (κ3) is 4.29. The van der Waals surface area contributed by atoms with Gasteiger partial charge in [-0.15, -0.1) is 0 Å². The fourth-order valence-electron chi connectivity index (χ4n) is 1.46. The molecule has 1 rings (SSSR count). The van der Waals surface area contributed by atoms with Gasteiger partial charge in [0.25, 0.3) is 0 Å². The van der Waals surface area contributed by atoms with Gasteiger partial charge in [0.2, 0.25) is 0 Å². The number of unbranched alkanes of at least 4 members (excludes halogenated alkanes) is 1. The second-order valence-corrected chi connectivity index (χ2v) is 4.11. The lowest BCUT2D eigenvalue weighted by Gasteiger charge is -2.18. The van der Waals surface area contributed by atoms with Gasteiger partial charge in [-0.25, -0.2) is 0 Å². The summed E-state index contributed by atoms with van der Waals surface area (Å²) in [6.45, 7) is 2.17. The van der Waals surface area contributed by atoms with Crippen LogP contribution < -0.4 is 5.32 Å². The third-order valence-electron chi connectivity index (χ3n) is 2.43. The molecule has 0 saturated heterocycles. The molecular formula is C13H19NOS. The van der Waals surface area contributed by atoms with E-state index in [0.29, 0.717) is 0 Å². The quantitative estimate of drug-likeness (QED) is 0.607. The predicted molar refractivity (Wildman–Crippen MR) is 71.6 cm³/mol. The van der Waals surface area contributed by atoms with E-state index in [-0.39, 0.29) is 6.23 Å². The highest BCUT2D eigenvalue weighted by atomic mass is 32.1. The highest BCUT2D eigenvalue weighted by Gasteiger charge is 2.08. The smallest absolute Gasteiger partial charge is 0.127 e. The summed E-state index contributed by atoms with van der Waals surface area (Å²) in [5, 5.41) is 3.23. The van der Waals surface area contributed by atoms with Crippen LogP contribution in [0.5, 0.6) is 0 Å². The largest absolute Gasteiger partial charge is 0.362 e. The van der Waals surface area contributed by atoms with Gasteiger partial charge in [-0.3, -0.25) is 0 Å². The van der Waals surface area contributed by atoms with Gasteiger partial charge in [-0.1, -0.05) is 55.9 Å². The van der Waals surface area contributed by atoms with Crippen molar-refractivity contribution in [1.82, 2.24) is 5.32 Å². The van der Waals surface area contributed by atoms with Gasteiger partial charge >= 0.3 is 0 Å². The number of nitrogens with one attached hydrogen (secondary N) is 1. The van der Waals surface area contributed by atoms with E-state index in [9.17, 15) is 0 Å². The lowest BCUT2D eigenvalue weighted by atomic mass is 10.2. The molecule has 0 aromatic heterocycles. The predicted octanol–water partition coefficient (Wildman–Crippen LogP) is 3.11. The zero-order valence-electron chi connectivity index (χ0n) is 9.90. The maximum absolute atomic E-state index is 5.35. The maximum atomic E-state index is 5.35. The van der Waals surface area contributed by atoms with Gasteiger partial charge in [0.05, 0.1) is 0 Å². The van der Waals surface area contributed by atoms with Crippen LogP contribution in [0.25, 0.3) is 0 Å². The Morgan fingerprint density at radius 1 is 1.38 bits per heavy atom. The zero-order chi connectivity index (χ0) is 11.8. The molecule has 1 atom stereocenters. The van der Waals surface area contributed by atoms with Crippen LogP contribution in [0, 0.1) is 0 Å². The van der Waals surface area contributed by atoms with Crippen LogP contribution in [0.3, 0.4) is 0 Å². The minimum absolute atomic E-state index is 0.0210. The van der Waals surface area contributed by atoms with Crippen LogP contribution in [0.15, 0.2) is 30.3 Å². The van der Waals surface area contributed by atoms with Crippen LogP contribution in [-0.4, -0.2) is 18.3 Å². The van der Waals surface area contributed by atoms with Crippen molar-refractivity contribution in [3.8, 4) is 0 Å². The highest BCUT2D eigenvalue weighted by molar-refractivity contribution is 7.80. The van der Waals surface area contributed by atoms with E-state index >= 15 is 0 Å². The fourth-order valence-corrected chi connectivity index (χ4v) is 1.73. The Balaban J connectivity index is 2.49. The molecule has 1 aromatic rings. The summed E-state index contributed by atoms with van der Waals surface area (Å²) in [5.41, 5.74) is 1.04. The standard InChI is InChI=1S/C13H19NOS/c1-3-4-10-12(15-2)14-13(16)11-8-6-5-7-9-11/h5-9,12H,3-4,10H2,1-2H3,(H,14,16). The zero-order valence-corrected chi connectivity index (χ0v) is 10.7. The summed E-state index contributed by atoms with van der Waals surface area (Å²) in [7, 11) is 1.71. The molecule has 0 spiro atoms. The molecule has 1 N–H and O–H groups in total. The Hall–Kier alpha value is -0.930. The lowest BCUT2D eigenvalue weighted by Crippen LogP contribution is -2.35. The van der Waals surface area contributed by atoms with Gasteiger partial charge in [0, 0.05) is 12.7 Å². The first-order valence-corrected chi connectivity index (χ1v) is 6.07. The number of hydrogen-bond acceptors (Lipinski definition) is 2. The van der Waals surface area contributed by atoms with Gasteiger partial charge in [-0.2, -0.15) is 0 Å². The molecule has 2 nitrogen and oxygen atoms in total. The van der Waals surface area contributed by atoms with Crippen molar-refractivity contribution >= 4 is 17.2 Å². The molecule has 0 bridgehead atoms.